The molecule has 0 aromatic rings. The van der Waals surface area contributed by atoms with Crippen molar-refractivity contribution in [3.63, 3.8) is 0 Å². The average Bonchev–Trinajstić information content (AvgIpc) is 1.95. The standard InChI is InChI=1S/C9H15NO3/c1-9(12-2)5-10(6-9)8(11)7-3-4-13-7/h7H,3-6H2,1-2H3. The van der Waals surface area contributed by atoms with Crippen molar-refractivity contribution in [2.45, 2.75) is 25.0 Å². The van der Waals surface area contributed by atoms with E-state index in [1.807, 2.05) is 6.92 Å². The van der Waals surface area contributed by atoms with Crippen LogP contribution in [0.5, 0.6) is 0 Å². The van der Waals surface area contributed by atoms with Gasteiger partial charge in [0.2, 0.25) is 0 Å². The zero-order valence-electron chi connectivity index (χ0n) is 8.08. The Bertz CT molecular complexity index is 219. The number of methoxy groups -OCH3 is 1. The number of rotatable bonds is 2. The minimum atomic E-state index is -0.165. The Morgan fingerprint density at radius 2 is 2.23 bits per heavy atom. The number of carbonyl (C=O) groups excluding carboxylic acids is 1. The van der Waals surface area contributed by atoms with Gasteiger partial charge in [-0.05, 0) is 6.92 Å². The van der Waals surface area contributed by atoms with Crippen LogP contribution in [0.4, 0.5) is 0 Å². The van der Waals surface area contributed by atoms with Gasteiger partial charge in [-0.1, -0.05) is 0 Å². The molecule has 2 aliphatic heterocycles. The summed E-state index contributed by atoms with van der Waals surface area (Å²) >= 11 is 0. The van der Waals surface area contributed by atoms with E-state index in [0.717, 1.165) is 13.0 Å². The third-order valence-electron chi connectivity index (χ3n) is 2.83. The van der Waals surface area contributed by atoms with E-state index in [-0.39, 0.29) is 17.6 Å². The normalized spacial score (nSPS) is 30.6. The van der Waals surface area contributed by atoms with Gasteiger partial charge in [0.15, 0.2) is 0 Å². The van der Waals surface area contributed by atoms with Crippen LogP contribution in [0, 0.1) is 0 Å². The molecule has 0 spiro atoms. The maximum atomic E-state index is 11.6. The maximum Gasteiger partial charge on any atom is 0.251 e. The first-order valence-electron chi connectivity index (χ1n) is 4.60. The van der Waals surface area contributed by atoms with Crippen molar-refractivity contribution in [2.24, 2.45) is 0 Å². The molecule has 0 bridgehead atoms. The number of ether oxygens (including phenoxy) is 2. The molecule has 1 atom stereocenters. The van der Waals surface area contributed by atoms with Crippen LogP contribution in [-0.4, -0.2) is 49.3 Å². The number of nitrogens with zero attached hydrogens (tertiary/aromatic N) is 1. The smallest absolute Gasteiger partial charge is 0.251 e. The monoisotopic (exact) mass is 185 g/mol. The quantitative estimate of drug-likeness (QED) is 0.609. The predicted molar refractivity (Wildman–Crippen MR) is 46.4 cm³/mol. The van der Waals surface area contributed by atoms with Crippen LogP contribution in [0.2, 0.25) is 0 Å². The van der Waals surface area contributed by atoms with Crippen LogP contribution in [0.3, 0.4) is 0 Å². The maximum absolute atomic E-state index is 11.6. The average molecular weight is 185 g/mol. The van der Waals surface area contributed by atoms with Gasteiger partial charge in [-0.15, -0.1) is 0 Å². The Kier molecular flexibility index (Phi) is 2.04. The van der Waals surface area contributed by atoms with E-state index in [0.29, 0.717) is 13.1 Å². The number of carbonyl (C=O) groups is 1. The fraction of sp³-hybridized carbons (Fsp3) is 0.889. The summed E-state index contributed by atoms with van der Waals surface area (Å²) in [6.45, 7) is 4.13. The fourth-order valence-corrected chi connectivity index (χ4v) is 1.68. The first-order chi connectivity index (χ1) is 6.14. The van der Waals surface area contributed by atoms with Crippen molar-refractivity contribution in [3.8, 4) is 0 Å². The van der Waals surface area contributed by atoms with Crippen LogP contribution < -0.4 is 0 Å². The van der Waals surface area contributed by atoms with E-state index < -0.39 is 0 Å². The molecule has 4 heteroatoms. The SMILES string of the molecule is COC1(C)CN(C(=O)C2CCO2)C1. The summed E-state index contributed by atoms with van der Waals surface area (Å²) in [5, 5.41) is 0. The molecule has 0 radical (unpaired) electrons. The molecular formula is C9H15NO3. The van der Waals surface area contributed by atoms with Gasteiger partial charge >= 0.3 is 0 Å². The van der Waals surface area contributed by atoms with Crippen molar-refractivity contribution < 1.29 is 14.3 Å². The van der Waals surface area contributed by atoms with E-state index >= 15 is 0 Å². The third kappa shape index (κ3) is 1.44. The minimum absolute atomic E-state index is 0.126. The van der Waals surface area contributed by atoms with Gasteiger partial charge in [-0.2, -0.15) is 0 Å². The molecule has 0 aliphatic carbocycles. The van der Waals surface area contributed by atoms with Gasteiger partial charge in [-0.3, -0.25) is 4.79 Å². The van der Waals surface area contributed by atoms with E-state index in [1.54, 1.807) is 12.0 Å². The zero-order valence-corrected chi connectivity index (χ0v) is 8.08. The largest absolute Gasteiger partial charge is 0.375 e. The Morgan fingerprint density at radius 3 is 2.62 bits per heavy atom. The topological polar surface area (TPSA) is 38.8 Å². The van der Waals surface area contributed by atoms with E-state index in [1.165, 1.54) is 0 Å². The lowest BCUT2D eigenvalue weighted by atomic mass is 9.95. The second-order valence-corrected chi connectivity index (χ2v) is 4.00. The Labute approximate surface area is 77.8 Å². The molecule has 0 N–H and O–H groups in total. The first kappa shape index (κ1) is 8.97. The minimum Gasteiger partial charge on any atom is -0.375 e. The lowest BCUT2D eigenvalue weighted by Gasteiger charge is -2.48. The highest BCUT2D eigenvalue weighted by Gasteiger charge is 2.44. The highest BCUT2D eigenvalue weighted by atomic mass is 16.5. The van der Waals surface area contributed by atoms with Crippen LogP contribution in [-0.2, 0) is 14.3 Å². The number of likely N-dealkylation sites (tertiary alicyclic amines) is 1. The van der Waals surface area contributed by atoms with Gasteiger partial charge in [0.25, 0.3) is 5.91 Å². The molecular weight excluding hydrogens is 170 g/mol. The molecule has 2 heterocycles. The lowest BCUT2D eigenvalue weighted by molar-refractivity contribution is -0.178. The zero-order chi connectivity index (χ0) is 9.47. The molecule has 0 aromatic heterocycles. The molecule has 0 aromatic carbocycles. The summed E-state index contributed by atoms with van der Waals surface area (Å²) in [5.41, 5.74) is -0.126. The van der Waals surface area contributed by atoms with Crippen molar-refractivity contribution >= 4 is 5.91 Å². The Balaban J connectivity index is 1.82. The summed E-state index contributed by atoms with van der Waals surface area (Å²) in [6, 6.07) is 0. The van der Waals surface area contributed by atoms with Crippen LogP contribution in [0.15, 0.2) is 0 Å². The molecule has 13 heavy (non-hydrogen) atoms. The van der Waals surface area contributed by atoms with Crippen LogP contribution in [0.1, 0.15) is 13.3 Å². The molecule has 2 fully saturated rings. The number of hydrogen-bond donors (Lipinski definition) is 0. The van der Waals surface area contributed by atoms with E-state index in [9.17, 15) is 4.79 Å². The summed E-state index contributed by atoms with van der Waals surface area (Å²) in [7, 11) is 1.68. The summed E-state index contributed by atoms with van der Waals surface area (Å²) < 4.78 is 10.4. The van der Waals surface area contributed by atoms with E-state index in [4.69, 9.17) is 9.47 Å². The van der Waals surface area contributed by atoms with Crippen molar-refractivity contribution in [2.75, 3.05) is 26.8 Å². The van der Waals surface area contributed by atoms with Gasteiger partial charge in [0.05, 0.1) is 25.3 Å². The van der Waals surface area contributed by atoms with Crippen LogP contribution in [0.25, 0.3) is 0 Å². The second kappa shape index (κ2) is 2.96. The number of amides is 1. The molecule has 2 aliphatic rings. The molecule has 4 nitrogen and oxygen atoms in total. The third-order valence-corrected chi connectivity index (χ3v) is 2.83. The summed E-state index contributed by atoms with van der Waals surface area (Å²) in [6.07, 6.45) is 0.709. The van der Waals surface area contributed by atoms with Crippen molar-refractivity contribution in [1.29, 1.82) is 0 Å². The molecule has 0 saturated carbocycles. The highest BCUT2D eigenvalue weighted by Crippen LogP contribution is 2.26. The molecule has 2 saturated heterocycles. The van der Waals surface area contributed by atoms with Gasteiger partial charge < -0.3 is 14.4 Å². The van der Waals surface area contributed by atoms with Gasteiger partial charge in [0.1, 0.15) is 6.10 Å². The molecule has 74 valence electrons. The van der Waals surface area contributed by atoms with Gasteiger partial charge in [0, 0.05) is 13.5 Å². The first-order valence-corrected chi connectivity index (χ1v) is 4.60. The molecule has 1 unspecified atom stereocenters. The lowest BCUT2D eigenvalue weighted by Crippen LogP contribution is -2.65. The second-order valence-electron chi connectivity index (χ2n) is 4.00. The summed E-state index contributed by atoms with van der Waals surface area (Å²) in [4.78, 5) is 13.4. The van der Waals surface area contributed by atoms with E-state index in [2.05, 4.69) is 0 Å². The fourth-order valence-electron chi connectivity index (χ4n) is 1.68. The predicted octanol–water partition coefficient (Wildman–Crippen LogP) is 0.0226. The van der Waals surface area contributed by atoms with Crippen molar-refractivity contribution in [3.05, 3.63) is 0 Å². The Morgan fingerprint density at radius 1 is 1.62 bits per heavy atom. The van der Waals surface area contributed by atoms with Crippen LogP contribution >= 0.6 is 0 Å². The molecule has 2 rings (SSSR count). The van der Waals surface area contributed by atoms with Crippen molar-refractivity contribution in [1.82, 2.24) is 4.90 Å². The van der Waals surface area contributed by atoms with Gasteiger partial charge in [-0.25, -0.2) is 0 Å². The highest BCUT2D eigenvalue weighted by molar-refractivity contribution is 5.82. The molecule has 1 amide bonds. The Hall–Kier alpha value is -0.610. The number of hydrogen-bond acceptors (Lipinski definition) is 3. The summed E-state index contributed by atoms with van der Waals surface area (Å²) in [5.74, 6) is 0.126.